The van der Waals surface area contributed by atoms with Gasteiger partial charge in [-0.15, -0.1) is 20.4 Å². The molecule has 0 aliphatic heterocycles. The van der Waals surface area contributed by atoms with Crippen LogP contribution in [0.15, 0.2) is 0 Å². The van der Waals surface area contributed by atoms with Gasteiger partial charge in [0.25, 0.3) is 5.95 Å². The normalized spacial score (nSPS) is 12.3. The topological polar surface area (TPSA) is 262 Å². The first-order chi connectivity index (χ1) is 9.11. The lowest BCUT2D eigenvalue weighted by molar-refractivity contribution is -1.93. The molecule has 1 aromatic rings. The van der Waals surface area contributed by atoms with Crippen molar-refractivity contribution < 1.29 is 57.2 Å². The molecule has 16 nitrogen and oxygen atoms in total. The highest BCUT2D eigenvalue weighted by Crippen LogP contribution is 2.06. The Labute approximate surface area is 112 Å². The summed E-state index contributed by atoms with van der Waals surface area (Å²) in [6.07, 6.45) is 0. The van der Waals surface area contributed by atoms with Crippen molar-refractivity contribution in [2.45, 2.75) is 0 Å². The van der Waals surface area contributed by atoms with E-state index in [1.54, 1.807) is 0 Å². The zero-order valence-electron chi connectivity index (χ0n) is 8.84. The van der Waals surface area contributed by atoms with Gasteiger partial charge in [0, 0.05) is 5.17 Å². The summed E-state index contributed by atoms with van der Waals surface area (Å²) in [5, 5.41) is 12.3. The first-order valence-corrected chi connectivity index (χ1v) is 6.37. The summed E-state index contributed by atoms with van der Waals surface area (Å²) in [6, 6.07) is 0. The average Bonchev–Trinajstić information content (AvgIpc) is 2.32. The number of hydrogen-bond acceptors (Lipinski definition) is 16. The highest BCUT2D eigenvalue weighted by molar-refractivity contribution is 5.22. The van der Waals surface area contributed by atoms with E-state index in [2.05, 4.69) is 29.2 Å². The molecule has 114 valence electrons. The van der Waals surface area contributed by atoms with Crippen molar-refractivity contribution in [2.24, 2.45) is 5.84 Å². The van der Waals surface area contributed by atoms with Gasteiger partial charge in [-0.2, -0.15) is 28.0 Å². The molecule has 0 aliphatic carbocycles. The van der Waals surface area contributed by atoms with E-state index in [0.717, 1.165) is 5.59 Å². The highest BCUT2D eigenvalue weighted by Gasteiger charge is 2.35. The molecule has 0 aliphatic rings. The van der Waals surface area contributed by atoms with Gasteiger partial charge in [0.2, 0.25) is 4.39 Å². The van der Waals surface area contributed by atoms with E-state index in [1.807, 2.05) is 5.43 Å². The number of nitrogens with two attached hydrogens (primary N) is 1. The summed E-state index contributed by atoms with van der Waals surface area (Å²) < 4.78 is 68.6. The van der Waals surface area contributed by atoms with Gasteiger partial charge in [-0.3, -0.25) is 5.43 Å². The molecule has 0 saturated heterocycles. The zero-order chi connectivity index (χ0) is 15.4. The summed E-state index contributed by atoms with van der Waals surface area (Å²) in [4.78, 5) is 0. The fraction of sp³-hybridized carbons (Fsp3) is 0. The molecule has 0 saturated carbocycles. The van der Waals surface area contributed by atoms with Gasteiger partial charge in [-0.25, -0.2) is 5.84 Å². The second-order valence-corrected chi connectivity index (χ2v) is 4.26. The summed E-state index contributed by atoms with van der Waals surface area (Å²) in [7, 11) is -10.1. The maximum atomic E-state index is 10.4. The Morgan fingerprint density at radius 2 is 1.50 bits per heavy atom. The number of halogens is 2. The third-order valence-electron chi connectivity index (χ3n) is 1.14. The number of aromatic nitrogens is 4. The smallest absolute Gasteiger partial charge is 0.290 e. The summed E-state index contributed by atoms with van der Waals surface area (Å²) in [5.74, 6) is 3.66. The standard InChI is InChI=1S/C2H4Cl2N8O8/c5-6-1-7-9-2(10-8-1)12(20-4(16,17)18)11-19-3(13,14)15/h11H,5H2,(H,6,7,8). The first kappa shape index (κ1) is 16.8. The minimum Gasteiger partial charge on any atom is -0.290 e. The maximum absolute atomic E-state index is 10.4. The molecule has 1 rings (SSSR count). The quantitative estimate of drug-likeness (QED) is 0.307. The van der Waals surface area contributed by atoms with Crippen molar-refractivity contribution in [2.75, 3.05) is 10.6 Å². The van der Waals surface area contributed by atoms with Crippen molar-refractivity contribution >= 4 is 11.9 Å². The molecule has 0 atom stereocenters. The number of nitrogens with one attached hydrogen (secondary N) is 2. The van der Waals surface area contributed by atoms with Crippen LogP contribution < -0.4 is 50.0 Å². The Morgan fingerprint density at radius 1 is 0.950 bits per heavy atom. The lowest BCUT2D eigenvalue weighted by Gasteiger charge is -2.18. The minimum atomic E-state index is -5.11. The van der Waals surface area contributed by atoms with E-state index in [-0.39, 0.29) is 11.1 Å². The van der Waals surface area contributed by atoms with E-state index >= 15 is 0 Å². The molecular formula is C2H4Cl2N8O8. The first-order valence-electron chi connectivity index (χ1n) is 3.90. The molecule has 1 aromatic heterocycles. The van der Waals surface area contributed by atoms with E-state index in [1.165, 1.54) is 0 Å². The highest BCUT2D eigenvalue weighted by atomic mass is 35.7. The molecular weight excluding hydrogens is 335 g/mol. The van der Waals surface area contributed by atoms with E-state index in [4.69, 9.17) is 5.84 Å². The van der Waals surface area contributed by atoms with Crippen LogP contribution in [-0.2, 0) is 8.78 Å². The van der Waals surface area contributed by atoms with Crippen LogP contribution in [0, 0.1) is 20.5 Å². The van der Waals surface area contributed by atoms with Crippen LogP contribution in [0.1, 0.15) is 0 Å². The van der Waals surface area contributed by atoms with Gasteiger partial charge in [0.1, 0.15) is 20.5 Å². The molecule has 0 bridgehead atoms. The number of nitrogen functional groups attached to an aromatic ring is 1. The molecule has 0 fully saturated rings. The molecule has 18 heteroatoms. The van der Waals surface area contributed by atoms with E-state index in [0.29, 0.717) is 0 Å². The molecule has 0 aromatic carbocycles. The van der Waals surface area contributed by atoms with Crippen LogP contribution in [0.4, 0.5) is 11.9 Å². The Bertz CT molecular complexity index is 418. The van der Waals surface area contributed by atoms with Gasteiger partial charge in [-0.1, -0.05) is 0 Å². The van der Waals surface area contributed by atoms with Crippen LogP contribution >= 0.6 is 0 Å². The predicted molar refractivity (Wildman–Crippen MR) is 33.2 cm³/mol. The van der Waals surface area contributed by atoms with Crippen LogP contribution in [0.3, 0.4) is 0 Å². The summed E-state index contributed by atoms with van der Waals surface area (Å²) >= 11 is 0. The fourth-order valence-electron chi connectivity index (χ4n) is 0.607. The number of anilines is 2. The van der Waals surface area contributed by atoms with Crippen molar-refractivity contribution in [1.29, 1.82) is 0 Å². The Hall–Kier alpha value is -1.28. The molecule has 4 N–H and O–H groups in total. The second-order valence-electron chi connectivity index (χ2n) is 2.46. The average molecular weight is 339 g/mol. The lowest BCUT2D eigenvalue weighted by Crippen LogP contribution is -2.68. The van der Waals surface area contributed by atoms with Gasteiger partial charge in [0.15, 0.2) is 4.39 Å². The molecule has 0 spiro atoms. The van der Waals surface area contributed by atoms with Crippen molar-refractivity contribution in [3.8, 4) is 0 Å². The molecule has 0 amide bonds. The van der Waals surface area contributed by atoms with Crippen LogP contribution in [0.2, 0.25) is 0 Å². The third-order valence-corrected chi connectivity index (χ3v) is 1.71. The van der Waals surface area contributed by atoms with Gasteiger partial charge in [-0.05, 0) is 0 Å². The number of hydrazine groups is 2. The fourth-order valence-corrected chi connectivity index (χ4v) is 1.01. The number of rotatable bonds is 7. The number of nitrogens with zero attached hydrogens (tertiary/aromatic N) is 5. The van der Waals surface area contributed by atoms with E-state index in [9.17, 15) is 28.0 Å². The van der Waals surface area contributed by atoms with Gasteiger partial charge < -0.3 is 0 Å². The minimum absolute atomic E-state index is 0.313. The van der Waals surface area contributed by atoms with Crippen molar-refractivity contribution in [3.63, 3.8) is 0 Å². The van der Waals surface area contributed by atoms with Crippen molar-refractivity contribution in [3.05, 3.63) is 0 Å². The van der Waals surface area contributed by atoms with Crippen LogP contribution in [-0.4, -0.2) is 20.4 Å². The Kier molecular flexibility index (Phi) is 5.41. The molecule has 0 radical (unpaired) electrons. The molecule has 1 heterocycles. The Balaban J connectivity index is 2.85. The van der Waals surface area contributed by atoms with Crippen LogP contribution in [0.25, 0.3) is 0 Å². The predicted octanol–water partition coefficient (Wildman–Crippen LogP) is -9.48. The van der Waals surface area contributed by atoms with Gasteiger partial charge >= 0.3 is 5.95 Å². The lowest BCUT2D eigenvalue weighted by atomic mass is 11.0. The zero-order valence-corrected chi connectivity index (χ0v) is 10.3. The monoisotopic (exact) mass is 338 g/mol. The summed E-state index contributed by atoms with van der Waals surface area (Å²) in [6.45, 7) is 0. The summed E-state index contributed by atoms with van der Waals surface area (Å²) in [5.41, 5.74) is 3.04. The van der Waals surface area contributed by atoms with Crippen molar-refractivity contribution in [1.82, 2.24) is 26.0 Å². The number of hydrogen-bond donors (Lipinski definition) is 3. The van der Waals surface area contributed by atoms with Gasteiger partial charge in [0.05, 0.1) is 5.59 Å². The largest absolute Gasteiger partial charge is 0.321 e. The van der Waals surface area contributed by atoms with E-state index < -0.39 is 26.4 Å². The van der Waals surface area contributed by atoms with Crippen LogP contribution in [0.5, 0.6) is 0 Å². The third kappa shape index (κ3) is 6.25. The molecule has 20 heavy (non-hydrogen) atoms. The second kappa shape index (κ2) is 6.45. The SMILES string of the molecule is NNc1nnc(N(NO[Cl+3]([O-])([O-])[O-])O[Cl+3]([O-])([O-])[O-])nn1. The maximum Gasteiger partial charge on any atom is 0.321 e. The molecule has 0 unspecified atom stereocenters. The Morgan fingerprint density at radius 3 is 1.90 bits per heavy atom.